The molecule has 5 nitrogen and oxygen atoms in total. The quantitative estimate of drug-likeness (QED) is 0.383. The highest BCUT2D eigenvalue weighted by Crippen LogP contribution is 2.53. The van der Waals surface area contributed by atoms with E-state index < -0.39 is 7.82 Å². The fraction of sp³-hybridized carbons (Fsp3) is 0.200. The number of phosphoric acid groups is 1. The second kappa shape index (κ2) is 9.07. The number of ether oxygens (including phenoxy) is 1. The lowest BCUT2D eigenvalue weighted by molar-refractivity contribution is 0.276. The molecule has 0 saturated carbocycles. The van der Waals surface area contributed by atoms with Gasteiger partial charge in [0.15, 0.2) is 0 Å². The molecule has 1 aliphatic rings. The summed E-state index contributed by atoms with van der Waals surface area (Å²) in [7, 11) is -2.90. The summed E-state index contributed by atoms with van der Waals surface area (Å²) in [6, 6.07) is 18.9. The molecule has 1 unspecified atom stereocenters. The zero-order chi connectivity index (χ0) is 22.9. The van der Waals surface area contributed by atoms with Gasteiger partial charge in [-0.1, -0.05) is 62.0 Å². The van der Waals surface area contributed by atoms with E-state index >= 15 is 0 Å². The maximum atomic E-state index is 13.2. The first-order valence-corrected chi connectivity index (χ1v) is 12.6. The van der Waals surface area contributed by atoms with Crippen molar-refractivity contribution in [3.8, 4) is 11.5 Å². The first kappa shape index (κ1) is 22.5. The van der Waals surface area contributed by atoms with Gasteiger partial charge in [0.05, 0.1) is 12.0 Å². The van der Waals surface area contributed by atoms with Gasteiger partial charge in [0.2, 0.25) is 0 Å². The molecule has 4 rings (SSSR count). The molecule has 0 aromatic heterocycles. The van der Waals surface area contributed by atoms with Crippen LogP contribution in [0.25, 0.3) is 11.8 Å². The summed E-state index contributed by atoms with van der Waals surface area (Å²) in [5.74, 6) is 1.38. The molecule has 32 heavy (non-hydrogen) atoms. The summed E-state index contributed by atoms with van der Waals surface area (Å²) in [5.41, 5.74) is 3.31. The van der Waals surface area contributed by atoms with E-state index in [0.717, 1.165) is 26.5 Å². The molecule has 1 heterocycles. The summed E-state index contributed by atoms with van der Waals surface area (Å²) in [4.78, 5) is 12.5. The monoisotopic (exact) mass is 468 g/mol. The summed E-state index contributed by atoms with van der Waals surface area (Å²) < 4.78 is 30.0. The number of aryl methyl sites for hydroxylation is 1. The van der Waals surface area contributed by atoms with Crippen molar-refractivity contribution >= 4 is 31.4 Å². The number of rotatable bonds is 6. The van der Waals surface area contributed by atoms with E-state index in [1.165, 1.54) is 11.8 Å². The van der Waals surface area contributed by atoms with Gasteiger partial charge < -0.3 is 13.8 Å². The van der Waals surface area contributed by atoms with Gasteiger partial charge in [0.25, 0.3) is 0 Å². The Balaban J connectivity index is 1.76. The average Bonchev–Trinajstić information content (AvgIpc) is 2.89. The number of hydrogen-bond donors (Lipinski definition) is 1. The van der Waals surface area contributed by atoms with Gasteiger partial charge in [0.1, 0.15) is 17.3 Å². The molecule has 0 fully saturated rings. The van der Waals surface area contributed by atoms with Crippen molar-refractivity contribution in [3.05, 3.63) is 82.9 Å². The molecule has 166 valence electrons. The maximum absolute atomic E-state index is 13.2. The number of fused-ring (bicyclic) bond motifs is 2. The van der Waals surface area contributed by atoms with Crippen LogP contribution in [0.3, 0.4) is 0 Å². The van der Waals surface area contributed by atoms with E-state index in [1.54, 1.807) is 19.3 Å². The molecule has 1 atom stereocenters. The van der Waals surface area contributed by atoms with Gasteiger partial charge in [0, 0.05) is 10.5 Å². The van der Waals surface area contributed by atoms with Crippen LogP contribution in [0.5, 0.6) is 11.5 Å². The Morgan fingerprint density at radius 3 is 2.50 bits per heavy atom. The fourth-order valence-electron chi connectivity index (χ4n) is 3.54. The minimum atomic E-state index is -4.50. The van der Waals surface area contributed by atoms with Crippen LogP contribution in [0.1, 0.15) is 42.0 Å². The summed E-state index contributed by atoms with van der Waals surface area (Å²) >= 11 is 1.53. The highest BCUT2D eigenvalue weighted by molar-refractivity contribution is 7.99. The minimum absolute atomic E-state index is 0.121. The van der Waals surface area contributed by atoms with Crippen molar-refractivity contribution in [1.29, 1.82) is 0 Å². The third-order valence-corrected chi connectivity index (χ3v) is 7.17. The number of phosphoric ester groups is 1. The maximum Gasteiger partial charge on any atom is 0.584 e. The molecule has 1 aliphatic heterocycles. The van der Waals surface area contributed by atoms with E-state index in [4.69, 9.17) is 13.8 Å². The van der Waals surface area contributed by atoms with Crippen molar-refractivity contribution < 1.29 is 23.2 Å². The summed E-state index contributed by atoms with van der Waals surface area (Å²) in [6.07, 6.45) is 1.76. The minimum Gasteiger partial charge on any atom is -0.496 e. The zero-order valence-electron chi connectivity index (χ0n) is 18.4. The molecule has 0 amide bonds. The Labute approximate surface area is 192 Å². The predicted octanol–water partition coefficient (Wildman–Crippen LogP) is 7.29. The molecular weight excluding hydrogens is 443 g/mol. The highest BCUT2D eigenvalue weighted by Gasteiger charge is 2.31. The Morgan fingerprint density at radius 2 is 1.75 bits per heavy atom. The van der Waals surface area contributed by atoms with Crippen LogP contribution in [0, 0.1) is 6.92 Å². The third-order valence-electron chi connectivity index (χ3n) is 5.10. The lowest BCUT2D eigenvalue weighted by Crippen LogP contribution is -2.02. The van der Waals surface area contributed by atoms with Crippen molar-refractivity contribution in [2.75, 3.05) is 7.11 Å². The molecule has 0 bridgehead atoms. The largest absolute Gasteiger partial charge is 0.584 e. The number of hydrogen-bond acceptors (Lipinski definition) is 5. The topological polar surface area (TPSA) is 65.0 Å². The van der Waals surface area contributed by atoms with E-state index in [0.29, 0.717) is 17.1 Å². The molecule has 3 aromatic rings. The molecule has 0 radical (unpaired) electrons. The van der Waals surface area contributed by atoms with Crippen LogP contribution < -0.4 is 9.26 Å². The average molecular weight is 469 g/mol. The Kier molecular flexibility index (Phi) is 6.38. The SMILES string of the molecule is COc1cccc2c1Sc1ccccc1C=C2OP(=O)(O)Oc1cc(C)ccc1C(C)C. The lowest BCUT2D eigenvalue weighted by atomic mass is 10.0. The molecule has 0 saturated heterocycles. The molecule has 1 N–H and O–H groups in total. The van der Waals surface area contributed by atoms with E-state index in [2.05, 4.69) is 0 Å². The molecule has 3 aromatic carbocycles. The molecule has 0 spiro atoms. The highest BCUT2D eigenvalue weighted by atomic mass is 32.2. The Morgan fingerprint density at radius 1 is 0.969 bits per heavy atom. The first-order valence-electron chi connectivity index (χ1n) is 10.3. The standard InChI is InChI=1S/C25H25O5PS/c1-16(2)19-13-12-17(3)14-22(19)29-31(26,27)30-23-15-18-8-5-6-11-24(18)32-25-20(23)9-7-10-21(25)28-4/h5-16H,1-4H3,(H,26,27). The Hall–Kier alpha value is -2.66. The van der Waals surface area contributed by atoms with Gasteiger partial charge in [-0.25, -0.2) is 4.57 Å². The van der Waals surface area contributed by atoms with E-state index in [1.807, 2.05) is 75.4 Å². The van der Waals surface area contributed by atoms with Gasteiger partial charge in [-0.3, -0.25) is 4.89 Å². The van der Waals surface area contributed by atoms with Crippen molar-refractivity contribution in [1.82, 2.24) is 0 Å². The van der Waals surface area contributed by atoms with Crippen molar-refractivity contribution in [2.45, 2.75) is 36.5 Å². The van der Waals surface area contributed by atoms with Gasteiger partial charge in [-0.05, 0) is 59.9 Å². The summed E-state index contributed by atoms with van der Waals surface area (Å²) in [6.45, 7) is 5.92. The predicted molar refractivity (Wildman–Crippen MR) is 128 cm³/mol. The van der Waals surface area contributed by atoms with Gasteiger partial charge in [-0.15, -0.1) is 0 Å². The third kappa shape index (κ3) is 4.73. The molecule has 0 aliphatic carbocycles. The van der Waals surface area contributed by atoms with Crippen LogP contribution in [0.4, 0.5) is 0 Å². The fourth-order valence-corrected chi connectivity index (χ4v) is 5.52. The smallest absolute Gasteiger partial charge is 0.496 e. The van der Waals surface area contributed by atoms with Crippen LogP contribution in [-0.4, -0.2) is 12.0 Å². The lowest BCUT2D eigenvalue weighted by Gasteiger charge is -2.20. The number of methoxy groups -OCH3 is 1. The van der Waals surface area contributed by atoms with Crippen molar-refractivity contribution in [3.63, 3.8) is 0 Å². The number of benzene rings is 3. The molecule has 7 heteroatoms. The second-order valence-electron chi connectivity index (χ2n) is 7.83. The zero-order valence-corrected chi connectivity index (χ0v) is 20.1. The van der Waals surface area contributed by atoms with Gasteiger partial charge >= 0.3 is 7.82 Å². The normalized spacial score (nSPS) is 14.5. The second-order valence-corrected chi connectivity index (χ2v) is 10.2. The molecular formula is C25H25O5PS. The summed E-state index contributed by atoms with van der Waals surface area (Å²) in [5, 5.41) is 0. The van der Waals surface area contributed by atoms with Crippen LogP contribution >= 0.6 is 19.6 Å². The van der Waals surface area contributed by atoms with Crippen LogP contribution in [-0.2, 0) is 9.09 Å². The van der Waals surface area contributed by atoms with Gasteiger partial charge in [-0.2, -0.15) is 0 Å². The van der Waals surface area contributed by atoms with Crippen LogP contribution in [0.15, 0.2) is 70.5 Å². The Bertz CT molecular complexity index is 1230. The van der Waals surface area contributed by atoms with E-state index in [9.17, 15) is 9.46 Å². The van der Waals surface area contributed by atoms with Crippen LogP contribution in [0.2, 0.25) is 0 Å². The van der Waals surface area contributed by atoms with E-state index in [-0.39, 0.29) is 11.7 Å². The first-order chi connectivity index (χ1) is 15.3. The van der Waals surface area contributed by atoms with Crippen molar-refractivity contribution in [2.24, 2.45) is 0 Å².